The van der Waals surface area contributed by atoms with Gasteiger partial charge >= 0.3 is 17.9 Å². The Kier molecular flexibility index (Phi) is 3.92. The van der Waals surface area contributed by atoms with Gasteiger partial charge in [0.2, 0.25) is 0 Å². The maximum absolute atomic E-state index is 11.8. The number of carboxylic acid groups (broad SMARTS) is 1. The van der Waals surface area contributed by atoms with Crippen molar-refractivity contribution in [1.82, 2.24) is 0 Å². The third-order valence-electron chi connectivity index (χ3n) is 4.76. The summed E-state index contributed by atoms with van der Waals surface area (Å²) in [4.78, 5) is 46.0. The minimum absolute atomic E-state index is 0.123. The SMILES string of the molecule is CC1CCC(C2C(=O)OC(=O)C2C)C(C=O)C1C(=O)O. The highest BCUT2D eigenvalue weighted by atomic mass is 16.6. The third-order valence-corrected chi connectivity index (χ3v) is 4.76. The summed E-state index contributed by atoms with van der Waals surface area (Å²) in [6, 6.07) is 0. The zero-order valence-corrected chi connectivity index (χ0v) is 11.4. The van der Waals surface area contributed by atoms with E-state index < -0.39 is 47.5 Å². The van der Waals surface area contributed by atoms with Gasteiger partial charge in [-0.1, -0.05) is 13.8 Å². The molecular weight excluding hydrogens is 264 g/mol. The van der Waals surface area contributed by atoms with Gasteiger partial charge in [0.05, 0.1) is 17.8 Å². The van der Waals surface area contributed by atoms with Gasteiger partial charge in [-0.25, -0.2) is 0 Å². The molecule has 0 spiro atoms. The molecule has 1 saturated heterocycles. The molecule has 1 aliphatic carbocycles. The number of hydrogen-bond donors (Lipinski definition) is 1. The molecule has 0 radical (unpaired) electrons. The van der Waals surface area contributed by atoms with Crippen molar-refractivity contribution in [2.24, 2.45) is 35.5 Å². The van der Waals surface area contributed by atoms with Gasteiger partial charge in [-0.05, 0) is 24.7 Å². The molecule has 6 heteroatoms. The van der Waals surface area contributed by atoms with Crippen LogP contribution in [0.15, 0.2) is 0 Å². The quantitative estimate of drug-likeness (QED) is 0.469. The zero-order chi connectivity index (χ0) is 15.0. The van der Waals surface area contributed by atoms with E-state index >= 15 is 0 Å². The molecule has 1 N–H and O–H groups in total. The number of hydrogen-bond acceptors (Lipinski definition) is 5. The van der Waals surface area contributed by atoms with Crippen molar-refractivity contribution in [3.63, 3.8) is 0 Å². The number of carboxylic acids is 1. The molecule has 2 rings (SSSR count). The minimum Gasteiger partial charge on any atom is -0.481 e. The fourth-order valence-corrected chi connectivity index (χ4v) is 3.64. The lowest BCUT2D eigenvalue weighted by Gasteiger charge is -2.39. The second kappa shape index (κ2) is 5.34. The van der Waals surface area contributed by atoms with Gasteiger partial charge in [0.15, 0.2) is 0 Å². The van der Waals surface area contributed by atoms with E-state index in [9.17, 15) is 24.3 Å². The van der Waals surface area contributed by atoms with Gasteiger partial charge in [0.25, 0.3) is 0 Å². The topological polar surface area (TPSA) is 97.7 Å². The molecule has 2 fully saturated rings. The molecule has 110 valence electrons. The predicted octanol–water partition coefficient (Wildman–Crippen LogP) is 0.884. The van der Waals surface area contributed by atoms with Crippen LogP contribution in [0.25, 0.3) is 0 Å². The molecule has 1 saturated carbocycles. The van der Waals surface area contributed by atoms with Gasteiger partial charge in [0, 0.05) is 5.92 Å². The van der Waals surface area contributed by atoms with Gasteiger partial charge < -0.3 is 14.6 Å². The number of cyclic esters (lactones) is 2. The van der Waals surface area contributed by atoms with Crippen LogP contribution in [0.2, 0.25) is 0 Å². The lowest BCUT2D eigenvalue weighted by atomic mass is 9.62. The first-order valence-corrected chi connectivity index (χ1v) is 6.82. The van der Waals surface area contributed by atoms with Gasteiger partial charge in [-0.15, -0.1) is 0 Å². The molecular formula is C14H18O6. The molecule has 6 nitrogen and oxygen atoms in total. The summed E-state index contributed by atoms with van der Waals surface area (Å²) in [5.41, 5.74) is 0. The van der Waals surface area contributed by atoms with E-state index in [0.29, 0.717) is 19.1 Å². The summed E-state index contributed by atoms with van der Waals surface area (Å²) in [6.45, 7) is 3.39. The van der Waals surface area contributed by atoms with E-state index in [1.807, 2.05) is 0 Å². The van der Waals surface area contributed by atoms with Crippen LogP contribution < -0.4 is 0 Å². The van der Waals surface area contributed by atoms with Crippen molar-refractivity contribution in [3.05, 3.63) is 0 Å². The normalized spacial score (nSPS) is 41.3. The average Bonchev–Trinajstić information content (AvgIpc) is 2.63. The Morgan fingerprint density at radius 3 is 2.35 bits per heavy atom. The number of esters is 2. The largest absolute Gasteiger partial charge is 0.481 e. The van der Waals surface area contributed by atoms with Gasteiger partial charge in [-0.3, -0.25) is 14.4 Å². The fourth-order valence-electron chi connectivity index (χ4n) is 3.64. The van der Waals surface area contributed by atoms with Gasteiger partial charge in [-0.2, -0.15) is 0 Å². The van der Waals surface area contributed by atoms with Crippen LogP contribution in [0.5, 0.6) is 0 Å². The Morgan fingerprint density at radius 2 is 1.90 bits per heavy atom. The van der Waals surface area contributed by atoms with Crippen molar-refractivity contribution >= 4 is 24.2 Å². The Balaban J connectivity index is 2.31. The monoisotopic (exact) mass is 282 g/mol. The highest BCUT2D eigenvalue weighted by molar-refractivity contribution is 5.96. The zero-order valence-electron chi connectivity index (χ0n) is 11.4. The lowest BCUT2D eigenvalue weighted by molar-refractivity contribution is -0.157. The van der Waals surface area contributed by atoms with Crippen molar-refractivity contribution in [2.45, 2.75) is 26.7 Å². The molecule has 0 amide bonds. The van der Waals surface area contributed by atoms with Crippen molar-refractivity contribution in [2.75, 3.05) is 0 Å². The first-order chi connectivity index (χ1) is 9.38. The lowest BCUT2D eigenvalue weighted by Crippen LogP contribution is -2.44. The highest BCUT2D eigenvalue weighted by Crippen LogP contribution is 2.45. The van der Waals surface area contributed by atoms with Crippen molar-refractivity contribution in [3.8, 4) is 0 Å². The number of ether oxygens (including phenoxy) is 1. The first-order valence-electron chi connectivity index (χ1n) is 6.82. The molecule has 0 aromatic carbocycles. The molecule has 0 bridgehead atoms. The maximum Gasteiger partial charge on any atom is 0.317 e. The molecule has 6 unspecified atom stereocenters. The van der Waals surface area contributed by atoms with Gasteiger partial charge in [0.1, 0.15) is 6.29 Å². The van der Waals surface area contributed by atoms with Crippen LogP contribution in [-0.4, -0.2) is 29.3 Å². The molecule has 0 aromatic rings. The highest BCUT2D eigenvalue weighted by Gasteiger charge is 2.52. The van der Waals surface area contributed by atoms with Crippen LogP contribution in [0.1, 0.15) is 26.7 Å². The Bertz CT molecular complexity index is 457. The number of carbonyl (C=O) groups is 4. The number of aldehydes is 1. The van der Waals surface area contributed by atoms with E-state index in [0.717, 1.165) is 0 Å². The minimum atomic E-state index is -1.02. The Hall–Kier alpha value is -1.72. The molecule has 6 atom stereocenters. The predicted molar refractivity (Wildman–Crippen MR) is 66.3 cm³/mol. The second-order valence-corrected chi connectivity index (χ2v) is 5.85. The summed E-state index contributed by atoms with van der Waals surface area (Å²) < 4.78 is 4.61. The van der Waals surface area contributed by atoms with Crippen molar-refractivity contribution in [1.29, 1.82) is 0 Å². The van der Waals surface area contributed by atoms with Crippen LogP contribution in [-0.2, 0) is 23.9 Å². The van der Waals surface area contributed by atoms with Crippen LogP contribution in [0.4, 0.5) is 0 Å². The molecule has 1 heterocycles. The molecule has 2 aliphatic rings. The van der Waals surface area contributed by atoms with Crippen LogP contribution in [0.3, 0.4) is 0 Å². The standard InChI is InChI=1S/C14H18O6/c1-6-3-4-8(9(5-15)10(6)12(16)17)11-7(2)13(18)20-14(11)19/h5-11H,3-4H2,1-2H3,(H,16,17). The summed E-state index contributed by atoms with van der Waals surface area (Å²) in [7, 11) is 0. The summed E-state index contributed by atoms with van der Waals surface area (Å²) in [6.07, 6.45) is 1.81. The summed E-state index contributed by atoms with van der Waals surface area (Å²) in [5.74, 6) is -5.66. The summed E-state index contributed by atoms with van der Waals surface area (Å²) >= 11 is 0. The number of rotatable bonds is 3. The fraction of sp³-hybridized carbons (Fsp3) is 0.714. The molecule has 0 aromatic heterocycles. The van der Waals surface area contributed by atoms with E-state index in [4.69, 9.17) is 0 Å². The summed E-state index contributed by atoms with van der Waals surface area (Å²) in [5, 5.41) is 9.31. The van der Waals surface area contributed by atoms with E-state index in [1.165, 1.54) is 0 Å². The van der Waals surface area contributed by atoms with Crippen LogP contribution >= 0.6 is 0 Å². The van der Waals surface area contributed by atoms with Crippen molar-refractivity contribution < 1.29 is 29.0 Å². The second-order valence-electron chi connectivity index (χ2n) is 5.85. The Morgan fingerprint density at radius 1 is 1.25 bits per heavy atom. The molecule has 20 heavy (non-hydrogen) atoms. The average molecular weight is 282 g/mol. The van der Waals surface area contributed by atoms with Crippen LogP contribution in [0, 0.1) is 35.5 Å². The van der Waals surface area contributed by atoms with E-state index in [-0.39, 0.29) is 5.92 Å². The number of carbonyl (C=O) groups excluding carboxylic acids is 3. The smallest absolute Gasteiger partial charge is 0.317 e. The Labute approximate surface area is 116 Å². The van der Waals surface area contributed by atoms with E-state index in [2.05, 4.69) is 4.74 Å². The number of aliphatic carboxylic acids is 1. The maximum atomic E-state index is 11.8. The first kappa shape index (κ1) is 14.7. The molecule has 1 aliphatic heterocycles. The van der Waals surface area contributed by atoms with E-state index in [1.54, 1.807) is 13.8 Å². The third kappa shape index (κ3) is 2.23.